The number of para-hydroxylation sites is 1. The van der Waals surface area contributed by atoms with Crippen molar-refractivity contribution in [3.8, 4) is 28.6 Å². The van der Waals surface area contributed by atoms with E-state index in [-0.39, 0.29) is 0 Å². The number of nitrogens with zero attached hydrogens (tertiary/aromatic N) is 4. The molecule has 0 saturated carbocycles. The minimum atomic E-state index is 0.747. The van der Waals surface area contributed by atoms with Gasteiger partial charge in [0, 0.05) is 11.8 Å². The highest BCUT2D eigenvalue weighted by Crippen LogP contribution is 2.30. The second kappa shape index (κ2) is 6.32. The summed E-state index contributed by atoms with van der Waals surface area (Å²) in [5.41, 5.74) is 5.29. The van der Waals surface area contributed by atoms with Crippen LogP contribution in [0.25, 0.3) is 28.6 Å². The molecule has 0 bridgehead atoms. The predicted molar refractivity (Wildman–Crippen MR) is 99.5 cm³/mol. The van der Waals surface area contributed by atoms with Gasteiger partial charge in [-0.15, -0.1) is 10.2 Å². The molecule has 0 spiro atoms. The maximum Gasteiger partial charge on any atom is 0.187 e. The predicted octanol–water partition coefficient (Wildman–Crippen LogP) is 4.61. The molecule has 4 aromatic rings. The van der Waals surface area contributed by atoms with E-state index in [9.17, 15) is 0 Å². The molecule has 0 aliphatic heterocycles. The molecular formula is C21H18N4. The van der Waals surface area contributed by atoms with E-state index in [1.165, 1.54) is 11.1 Å². The van der Waals surface area contributed by atoms with E-state index >= 15 is 0 Å². The van der Waals surface area contributed by atoms with E-state index < -0.39 is 0 Å². The van der Waals surface area contributed by atoms with Gasteiger partial charge in [-0.2, -0.15) is 0 Å². The Morgan fingerprint density at radius 3 is 2.04 bits per heavy atom. The molecule has 2 aromatic heterocycles. The van der Waals surface area contributed by atoms with Gasteiger partial charge in [0.1, 0.15) is 5.69 Å². The third-order valence-electron chi connectivity index (χ3n) is 4.25. The van der Waals surface area contributed by atoms with E-state index in [2.05, 4.69) is 63.9 Å². The van der Waals surface area contributed by atoms with Gasteiger partial charge in [0.2, 0.25) is 0 Å². The molecule has 0 amide bonds. The molecule has 0 atom stereocenters. The lowest BCUT2D eigenvalue weighted by molar-refractivity contribution is 1.03. The number of rotatable bonds is 3. The number of hydrogen-bond acceptors (Lipinski definition) is 3. The van der Waals surface area contributed by atoms with Crippen LogP contribution in [0.2, 0.25) is 0 Å². The van der Waals surface area contributed by atoms with Crippen molar-refractivity contribution in [1.29, 1.82) is 0 Å². The van der Waals surface area contributed by atoms with Crippen molar-refractivity contribution in [2.75, 3.05) is 0 Å². The largest absolute Gasteiger partial charge is 0.273 e. The Kier molecular flexibility index (Phi) is 3.86. The average molecular weight is 326 g/mol. The monoisotopic (exact) mass is 326 g/mol. The normalized spacial score (nSPS) is 10.8. The number of hydrogen-bond donors (Lipinski definition) is 0. The summed E-state index contributed by atoms with van der Waals surface area (Å²) in [7, 11) is 0. The molecule has 2 heterocycles. The maximum atomic E-state index is 4.49. The summed E-state index contributed by atoms with van der Waals surface area (Å²) in [6.45, 7) is 4.22. The van der Waals surface area contributed by atoms with Crippen LogP contribution in [0, 0.1) is 13.8 Å². The lowest BCUT2D eigenvalue weighted by atomic mass is 10.1. The Hall–Kier alpha value is -3.27. The Labute approximate surface area is 146 Å². The molecule has 25 heavy (non-hydrogen) atoms. The van der Waals surface area contributed by atoms with Crippen LogP contribution in [-0.2, 0) is 0 Å². The van der Waals surface area contributed by atoms with Gasteiger partial charge in [-0.25, -0.2) is 0 Å². The van der Waals surface area contributed by atoms with Crippen LogP contribution in [-0.4, -0.2) is 19.7 Å². The van der Waals surface area contributed by atoms with Crippen LogP contribution in [0.4, 0.5) is 0 Å². The fourth-order valence-corrected chi connectivity index (χ4v) is 3.09. The smallest absolute Gasteiger partial charge is 0.187 e. The van der Waals surface area contributed by atoms with E-state index in [4.69, 9.17) is 0 Å². The lowest BCUT2D eigenvalue weighted by Gasteiger charge is -2.15. The van der Waals surface area contributed by atoms with Gasteiger partial charge in [-0.05, 0) is 37.1 Å². The molecular weight excluding hydrogens is 308 g/mol. The average Bonchev–Trinajstić information content (AvgIpc) is 3.08. The summed E-state index contributed by atoms with van der Waals surface area (Å²) in [4.78, 5) is 4.48. The molecule has 0 saturated heterocycles. The molecule has 0 N–H and O–H groups in total. The van der Waals surface area contributed by atoms with Gasteiger partial charge in [-0.3, -0.25) is 9.55 Å². The number of aryl methyl sites for hydroxylation is 2. The van der Waals surface area contributed by atoms with Crippen LogP contribution in [0.1, 0.15) is 11.1 Å². The standard InChI is InChI=1S/C21H18N4/c1-15-9-8-10-16(2)19(15)25-20(17-11-4-3-5-12-17)23-24-21(25)18-13-6-7-14-22-18/h3-14H,1-2H3. The highest BCUT2D eigenvalue weighted by Gasteiger charge is 2.20. The molecule has 0 aliphatic carbocycles. The van der Waals surface area contributed by atoms with Crippen molar-refractivity contribution < 1.29 is 0 Å². The van der Waals surface area contributed by atoms with Crippen LogP contribution in [0.3, 0.4) is 0 Å². The fraction of sp³-hybridized carbons (Fsp3) is 0.0952. The zero-order valence-electron chi connectivity index (χ0n) is 14.2. The van der Waals surface area contributed by atoms with Crippen molar-refractivity contribution in [3.63, 3.8) is 0 Å². The third-order valence-corrected chi connectivity index (χ3v) is 4.25. The summed E-state index contributed by atoms with van der Waals surface area (Å²) in [5.74, 6) is 1.57. The van der Waals surface area contributed by atoms with E-state index in [0.717, 1.165) is 28.6 Å². The molecule has 4 rings (SSSR count). The lowest BCUT2D eigenvalue weighted by Crippen LogP contribution is -2.05. The number of pyridine rings is 1. The number of aromatic nitrogens is 4. The summed E-state index contributed by atoms with van der Waals surface area (Å²) in [6.07, 6.45) is 1.78. The first kappa shape index (κ1) is 15.3. The molecule has 122 valence electrons. The molecule has 4 nitrogen and oxygen atoms in total. The van der Waals surface area contributed by atoms with Crippen molar-refractivity contribution >= 4 is 0 Å². The van der Waals surface area contributed by atoms with Gasteiger partial charge >= 0.3 is 0 Å². The highest BCUT2D eigenvalue weighted by molar-refractivity contribution is 5.67. The third kappa shape index (κ3) is 2.72. The van der Waals surface area contributed by atoms with Crippen LogP contribution in [0.5, 0.6) is 0 Å². The molecule has 2 aromatic carbocycles. The first-order valence-electron chi connectivity index (χ1n) is 8.24. The van der Waals surface area contributed by atoms with Crippen LogP contribution >= 0.6 is 0 Å². The first-order chi connectivity index (χ1) is 12.3. The zero-order chi connectivity index (χ0) is 17.2. The van der Waals surface area contributed by atoms with Crippen LogP contribution < -0.4 is 0 Å². The molecule has 0 aliphatic rings. The highest BCUT2D eigenvalue weighted by atomic mass is 15.3. The van der Waals surface area contributed by atoms with Crippen molar-refractivity contribution in [3.05, 3.63) is 84.1 Å². The first-order valence-corrected chi connectivity index (χ1v) is 8.24. The molecule has 4 heteroatoms. The van der Waals surface area contributed by atoms with Gasteiger partial charge in [-0.1, -0.05) is 54.6 Å². The maximum absolute atomic E-state index is 4.49. The minimum Gasteiger partial charge on any atom is -0.273 e. The van der Waals surface area contributed by atoms with E-state index in [1.807, 2.05) is 36.4 Å². The van der Waals surface area contributed by atoms with Gasteiger partial charge in [0.15, 0.2) is 11.6 Å². The zero-order valence-corrected chi connectivity index (χ0v) is 14.2. The Morgan fingerprint density at radius 1 is 0.680 bits per heavy atom. The fourth-order valence-electron chi connectivity index (χ4n) is 3.09. The summed E-state index contributed by atoms with van der Waals surface area (Å²) < 4.78 is 2.11. The Morgan fingerprint density at radius 2 is 1.36 bits per heavy atom. The molecule has 0 radical (unpaired) electrons. The summed E-state index contributed by atoms with van der Waals surface area (Å²) in [6, 6.07) is 22.3. The SMILES string of the molecule is Cc1cccc(C)c1-n1c(-c2ccccc2)nnc1-c1ccccn1. The van der Waals surface area contributed by atoms with Crippen molar-refractivity contribution in [1.82, 2.24) is 19.7 Å². The number of benzene rings is 2. The minimum absolute atomic E-state index is 0.747. The van der Waals surface area contributed by atoms with Gasteiger partial charge in [0.05, 0.1) is 5.69 Å². The Bertz CT molecular complexity index is 928. The second-order valence-electron chi connectivity index (χ2n) is 6.00. The summed E-state index contributed by atoms with van der Waals surface area (Å²) >= 11 is 0. The topological polar surface area (TPSA) is 43.6 Å². The van der Waals surface area contributed by atoms with Crippen molar-refractivity contribution in [2.24, 2.45) is 0 Å². The second-order valence-corrected chi connectivity index (χ2v) is 6.00. The Balaban J connectivity index is 2.04. The summed E-state index contributed by atoms with van der Waals surface area (Å²) in [5, 5.41) is 8.97. The van der Waals surface area contributed by atoms with E-state index in [1.54, 1.807) is 6.20 Å². The van der Waals surface area contributed by atoms with Crippen molar-refractivity contribution in [2.45, 2.75) is 13.8 Å². The molecule has 0 unspecified atom stereocenters. The van der Waals surface area contributed by atoms with Gasteiger partial charge < -0.3 is 0 Å². The van der Waals surface area contributed by atoms with Gasteiger partial charge in [0.25, 0.3) is 0 Å². The molecule has 0 fully saturated rings. The quantitative estimate of drug-likeness (QED) is 0.552. The van der Waals surface area contributed by atoms with E-state index in [0.29, 0.717) is 0 Å². The van der Waals surface area contributed by atoms with Crippen LogP contribution in [0.15, 0.2) is 72.9 Å².